The van der Waals surface area contributed by atoms with E-state index < -0.39 is 0 Å². The normalized spacial score (nSPS) is 10.3. The van der Waals surface area contributed by atoms with Crippen LogP contribution in [0.25, 0.3) is 0 Å². The quantitative estimate of drug-likeness (QED) is 0.524. The molecule has 0 saturated heterocycles. The predicted octanol–water partition coefficient (Wildman–Crippen LogP) is 3.64. The highest BCUT2D eigenvalue weighted by Gasteiger charge is 2.08. The molecule has 1 aromatic rings. The molecule has 0 aromatic carbocycles. The van der Waals surface area contributed by atoms with Crippen molar-refractivity contribution in [1.82, 2.24) is 4.98 Å². The number of hydrogen-bond donors (Lipinski definition) is 1. The van der Waals surface area contributed by atoms with Crippen molar-refractivity contribution in [2.45, 2.75) is 39.5 Å². The number of nitrogens with zero attached hydrogens (tertiary/aromatic N) is 2. The van der Waals surface area contributed by atoms with Crippen LogP contribution in [0.2, 0.25) is 0 Å². The molecule has 0 aliphatic carbocycles. The van der Waals surface area contributed by atoms with Crippen LogP contribution in [0.3, 0.4) is 0 Å². The van der Waals surface area contributed by atoms with Crippen LogP contribution >= 0.6 is 0 Å². The molecule has 4 heteroatoms. The summed E-state index contributed by atoms with van der Waals surface area (Å²) >= 11 is 0. The fourth-order valence-electron chi connectivity index (χ4n) is 2.08. The standard InChI is InChI=1S/C16H27N3O/c1-4-7-8-11-20-16-13-14(12-15(17)18-16)19(9-5-2)10-6-3/h4,12-13H,1,5-11H2,2-3H3,(H2,17,18). The summed E-state index contributed by atoms with van der Waals surface area (Å²) in [5.41, 5.74) is 6.98. The summed E-state index contributed by atoms with van der Waals surface area (Å²) in [4.78, 5) is 6.57. The van der Waals surface area contributed by atoms with Crippen LogP contribution < -0.4 is 15.4 Å². The maximum Gasteiger partial charge on any atom is 0.217 e. The van der Waals surface area contributed by atoms with Gasteiger partial charge in [-0.1, -0.05) is 19.9 Å². The van der Waals surface area contributed by atoms with Gasteiger partial charge in [-0.2, -0.15) is 4.98 Å². The Labute approximate surface area is 122 Å². The lowest BCUT2D eigenvalue weighted by Crippen LogP contribution is -2.25. The summed E-state index contributed by atoms with van der Waals surface area (Å²) in [6.07, 6.45) is 6.01. The number of unbranched alkanes of at least 4 members (excludes halogenated alkanes) is 1. The first-order valence-electron chi connectivity index (χ1n) is 7.47. The maximum absolute atomic E-state index is 5.89. The van der Waals surface area contributed by atoms with Gasteiger partial charge >= 0.3 is 0 Å². The van der Waals surface area contributed by atoms with Crippen LogP contribution in [0.4, 0.5) is 11.5 Å². The molecule has 0 aliphatic heterocycles. The van der Waals surface area contributed by atoms with Gasteiger partial charge in [-0.25, -0.2) is 0 Å². The van der Waals surface area contributed by atoms with Crippen LogP contribution in [-0.2, 0) is 0 Å². The van der Waals surface area contributed by atoms with Crippen molar-refractivity contribution in [2.75, 3.05) is 30.3 Å². The van der Waals surface area contributed by atoms with E-state index in [1.807, 2.05) is 18.2 Å². The molecule has 1 heterocycles. The molecular formula is C16H27N3O. The number of hydrogen-bond acceptors (Lipinski definition) is 4. The Bertz CT molecular complexity index is 401. The average Bonchev–Trinajstić information content (AvgIpc) is 2.43. The van der Waals surface area contributed by atoms with E-state index in [0.717, 1.165) is 44.5 Å². The summed E-state index contributed by atoms with van der Waals surface area (Å²) in [7, 11) is 0. The van der Waals surface area contributed by atoms with E-state index in [0.29, 0.717) is 18.3 Å². The summed E-state index contributed by atoms with van der Waals surface area (Å²) in [6.45, 7) is 10.7. The molecule has 4 nitrogen and oxygen atoms in total. The minimum atomic E-state index is 0.512. The van der Waals surface area contributed by atoms with Gasteiger partial charge in [-0.3, -0.25) is 0 Å². The number of pyridine rings is 1. The second-order valence-corrected chi connectivity index (χ2v) is 4.85. The summed E-state index contributed by atoms with van der Waals surface area (Å²) in [5, 5.41) is 0. The molecule has 0 saturated carbocycles. The van der Waals surface area contributed by atoms with Crippen LogP contribution in [-0.4, -0.2) is 24.7 Å². The summed E-state index contributed by atoms with van der Waals surface area (Å²) in [6, 6.07) is 3.90. The number of ether oxygens (including phenoxy) is 1. The number of aromatic nitrogens is 1. The van der Waals surface area contributed by atoms with E-state index in [1.165, 1.54) is 0 Å². The molecule has 0 aliphatic rings. The third kappa shape index (κ3) is 5.51. The molecule has 0 radical (unpaired) electrons. The molecule has 2 N–H and O–H groups in total. The maximum atomic E-state index is 5.89. The fourth-order valence-corrected chi connectivity index (χ4v) is 2.08. The second kappa shape index (κ2) is 9.23. The molecule has 0 fully saturated rings. The monoisotopic (exact) mass is 277 g/mol. The molecule has 112 valence electrons. The zero-order chi connectivity index (χ0) is 14.8. The number of anilines is 2. The van der Waals surface area contributed by atoms with Gasteiger partial charge in [0.05, 0.1) is 6.61 Å². The van der Waals surface area contributed by atoms with Gasteiger partial charge < -0.3 is 15.4 Å². The van der Waals surface area contributed by atoms with Crippen LogP contribution in [0.5, 0.6) is 5.88 Å². The fraction of sp³-hybridized carbons (Fsp3) is 0.562. The largest absolute Gasteiger partial charge is 0.478 e. The number of allylic oxidation sites excluding steroid dienone is 1. The van der Waals surface area contributed by atoms with Crippen molar-refractivity contribution < 1.29 is 4.74 Å². The first-order chi connectivity index (χ1) is 9.71. The molecule has 0 bridgehead atoms. The van der Waals surface area contributed by atoms with Crippen molar-refractivity contribution in [2.24, 2.45) is 0 Å². The Kier molecular flexibility index (Phi) is 7.55. The molecular weight excluding hydrogens is 250 g/mol. The minimum Gasteiger partial charge on any atom is -0.478 e. The Hall–Kier alpha value is -1.71. The number of rotatable bonds is 10. The van der Waals surface area contributed by atoms with E-state index >= 15 is 0 Å². The topological polar surface area (TPSA) is 51.4 Å². The summed E-state index contributed by atoms with van der Waals surface area (Å²) in [5.74, 6) is 1.12. The molecule has 1 aromatic heterocycles. The molecule has 0 amide bonds. The minimum absolute atomic E-state index is 0.512. The van der Waals surface area contributed by atoms with Crippen molar-refractivity contribution in [3.63, 3.8) is 0 Å². The first-order valence-corrected chi connectivity index (χ1v) is 7.47. The van der Waals surface area contributed by atoms with E-state index in [1.54, 1.807) is 0 Å². The Morgan fingerprint density at radius 3 is 2.60 bits per heavy atom. The van der Waals surface area contributed by atoms with Crippen molar-refractivity contribution in [3.05, 3.63) is 24.8 Å². The molecule has 0 unspecified atom stereocenters. The highest BCUT2D eigenvalue weighted by atomic mass is 16.5. The van der Waals surface area contributed by atoms with Crippen LogP contribution in [0.1, 0.15) is 39.5 Å². The molecule has 0 atom stereocenters. The van der Waals surface area contributed by atoms with Gasteiger partial charge in [0.1, 0.15) is 5.82 Å². The predicted molar refractivity (Wildman–Crippen MR) is 86.4 cm³/mol. The first kappa shape index (κ1) is 16.3. The Morgan fingerprint density at radius 2 is 2.00 bits per heavy atom. The van der Waals surface area contributed by atoms with Crippen LogP contribution in [0.15, 0.2) is 24.8 Å². The molecule has 1 rings (SSSR count). The third-order valence-electron chi connectivity index (χ3n) is 2.96. The Balaban J connectivity index is 2.75. The number of nitrogen functional groups attached to an aromatic ring is 1. The van der Waals surface area contributed by atoms with Gasteiger partial charge in [0, 0.05) is 30.9 Å². The highest BCUT2D eigenvalue weighted by Crippen LogP contribution is 2.23. The lowest BCUT2D eigenvalue weighted by Gasteiger charge is -2.24. The van der Waals surface area contributed by atoms with Crippen LogP contribution in [0, 0.1) is 0 Å². The van der Waals surface area contributed by atoms with Crippen molar-refractivity contribution in [1.29, 1.82) is 0 Å². The summed E-state index contributed by atoms with van der Waals surface area (Å²) < 4.78 is 5.67. The van der Waals surface area contributed by atoms with E-state index in [9.17, 15) is 0 Å². The van der Waals surface area contributed by atoms with E-state index in [4.69, 9.17) is 10.5 Å². The SMILES string of the molecule is C=CCCCOc1cc(N(CCC)CCC)cc(N)n1. The lowest BCUT2D eigenvalue weighted by atomic mass is 10.3. The van der Waals surface area contributed by atoms with E-state index in [-0.39, 0.29) is 0 Å². The average molecular weight is 277 g/mol. The van der Waals surface area contributed by atoms with Crippen molar-refractivity contribution in [3.8, 4) is 5.88 Å². The third-order valence-corrected chi connectivity index (χ3v) is 2.96. The molecule has 0 spiro atoms. The van der Waals surface area contributed by atoms with Gasteiger partial charge in [-0.05, 0) is 25.7 Å². The number of nitrogens with two attached hydrogens (primary N) is 1. The zero-order valence-corrected chi connectivity index (χ0v) is 12.8. The zero-order valence-electron chi connectivity index (χ0n) is 12.8. The van der Waals surface area contributed by atoms with Gasteiger partial charge in [0.2, 0.25) is 5.88 Å². The second-order valence-electron chi connectivity index (χ2n) is 4.85. The molecule has 20 heavy (non-hydrogen) atoms. The van der Waals surface area contributed by atoms with Gasteiger partial charge in [-0.15, -0.1) is 6.58 Å². The smallest absolute Gasteiger partial charge is 0.217 e. The Morgan fingerprint density at radius 1 is 1.30 bits per heavy atom. The van der Waals surface area contributed by atoms with Gasteiger partial charge in [0.25, 0.3) is 0 Å². The van der Waals surface area contributed by atoms with E-state index in [2.05, 4.69) is 30.3 Å². The van der Waals surface area contributed by atoms with Gasteiger partial charge in [0.15, 0.2) is 0 Å². The van der Waals surface area contributed by atoms with Crippen molar-refractivity contribution >= 4 is 11.5 Å². The highest BCUT2D eigenvalue weighted by molar-refractivity contribution is 5.55. The lowest BCUT2D eigenvalue weighted by molar-refractivity contribution is 0.301.